The van der Waals surface area contributed by atoms with Crippen molar-refractivity contribution in [1.29, 1.82) is 0 Å². The monoisotopic (exact) mass is 698 g/mol. The third-order valence-corrected chi connectivity index (χ3v) is 5.43. The van der Waals surface area contributed by atoms with Gasteiger partial charge in [0.25, 0.3) is 0 Å². The van der Waals surface area contributed by atoms with Crippen LogP contribution in [0.15, 0.2) is 12.1 Å². The molecule has 0 aliphatic rings. The minimum Gasteiger partial charge on any atom is -0.466 e. The molecule has 2 aromatic carbocycles. The van der Waals surface area contributed by atoms with Gasteiger partial charge in [0.05, 0.1) is 7.14 Å². The molecule has 0 heterocycles. The van der Waals surface area contributed by atoms with Crippen LogP contribution in [0.3, 0.4) is 0 Å². The van der Waals surface area contributed by atoms with Crippen LogP contribution in [0.5, 0.6) is 11.5 Å². The number of methoxy groups -OCH3 is 2. The van der Waals surface area contributed by atoms with E-state index < -0.39 is 71.3 Å². The maximum absolute atomic E-state index is 14.6. The van der Waals surface area contributed by atoms with Crippen LogP contribution in [0, 0.1) is 18.8 Å². The molecule has 0 aliphatic carbocycles. The zero-order chi connectivity index (χ0) is 24.4. The number of hydrogen-bond donors (Lipinski definition) is 0. The van der Waals surface area contributed by atoms with Crippen LogP contribution in [-0.4, -0.2) is 27.8 Å². The first-order chi connectivity index (χ1) is 14.8. The lowest BCUT2D eigenvalue weighted by molar-refractivity contribution is -0.142. The van der Waals surface area contributed by atoms with E-state index in [9.17, 15) is 35.1 Å². The normalized spacial score (nSPS) is 12.2. The lowest BCUT2D eigenvalue weighted by atomic mass is 9.92. The lowest BCUT2D eigenvalue weighted by Gasteiger charge is -2.25. The first-order valence-corrected chi connectivity index (χ1v) is 10.3. The van der Waals surface area contributed by atoms with Gasteiger partial charge in [-0.2, -0.15) is 26.3 Å². The van der Waals surface area contributed by atoms with Crippen molar-refractivity contribution in [2.24, 2.45) is 0 Å². The highest BCUT2D eigenvalue weighted by Crippen LogP contribution is 2.53. The highest BCUT2D eigenvalue weighted by Gasteiger charge is 2.46. The molecule has 178 valence electrons. The van der Waals surface area contributed by atoms with Crippen molar-refractivity contribution >= 4 is 45.2 Å². The molecule has 14 heteroatoms. The average molecular weight is 698 g/mol. The number of hydrogen-bond acceptors (Lipinski definition) is 4. The predicted molar refractivity (Wildman–Crippen MR) is 112 cm³/mol. The molecule has 2 aromatic rings. The Morgan fingerprint density at radius 1 is 0.688 bits per heavy atom. The first kappa shape index (κ1) is 27.1. The van der Waals surface area contributed by atoms with E-state index in [0.29, 0.717) is 12.1 Å². The van der Waals surface area contributed by atoms with E-state index in [4.69, 9.17) is 9.47 Å². The van der Waals surface area contributed by atoms with Crippen LogP contribution in [0.1, 0.15) is 11.1 Å². The molecule has 0 aliphatic heterocycles. The maximum atomic E-state index is 14.6. The predicted octanol–water partition coefficient (Wildman–Crippen LogP) is 6.84. The van der Waals surface area contributed by atoms with E-state index in [1.807, 2.05) is 0 Å². The molecule has 0 aromatic heterocycles. The number of benzene rings is 2. The third kappa shape index (κ3) is 5.67. The Kier molecular flexibility index (Phi) is 8.82. The van der Waals surface area contributed by atoms with Crippen molar-refractivity contribution in [2.45, 2.75) is 12.4 Å². The number of alkyl halides is 6. The van der Waals surface area contributed by atoms with Crippen molar-refractivity contribution in [3.05, 3.63) is 42.0 Å². The molecule has 0 amide bonds. The first-order valence-electron chi connectivity index (χ1n) is 8.17. The molecule has 0 radical (unpaired) electrons. The minimum absolute atomic E-state index is 0.315. The van der Waals surface area contributed by atoms with Crippen LogP contribution in [0.4, 0.5) is 35.1 Å². The summed E-state index contributed by atoms with van der Waals surface area (Å²) in [7, 11) is 2.22. The Hall–Kier alpha value is -1.14. The van der Waals surface area contributed by atoms with Crippen LogP contribution in [-0.2, 0) is 21.8 Å². The van der Waals surface area contributed by atoms with E-state index in [2.05, 4.69) is 9.47 Å². The summed E-state index contributed by atoms with van der Waals surface area (Å²) in [5.74, 6) is -5.36. The Morgan fingerprint density at radius 3 is 1.25 bits per heavy atom. The molecule has 2 rings (SSSR count). The van der Waals surface area contributed by atoms with Gasteiger partial charge in [0.1, 0.15) is 34.3 Å². The largest absolute Gasteiger partial charge is 0.466 e. The van der Waals surface area contributed by atoms with Crippen LogP contribution >= 0.6 is 45.2 Å². The van der Waals surface area contributed by atoms with Gasteiger partial charge in [-0.05, 0) is 57.3 Å². The van der Waals surface area contributed by atoms with Crippen molar-refractivity contribution in [3.8, 4) is 22.6 Å². The molecule has 0 bridgehead atoms. The summed E-state index contributed by atoms with van der Waals surface area (Å²) >= 11 is 2.77. The maximum Gasteiger partial charge on any atom is 0.419 e. The summed E-state index contributed by atoms with van der Waals surface area (Å²) in [6.07, 6.45) is -11.0. The highest BCUT2D eigenvalue weighted by atomic mass is 127. The summed E-state index contributed by atoms with van der Waals surface area (Å²) in [6, 6.07) is 0.871. The smallest absolute Gasteiger partial charge is 0.419 e. The molecule has 0 fully saturated rings. The van der Waals surface area contributed by atoms with Gasteiger partial charge < -0.3 is 18.9 Å². The molecule has 0 unspecified atom stereocenters. The quantitative estimate of drug-likeness (QED) is 0.180. The summed E-state index contributed by atoms with van der Waals surface area (Å²) in [5, 5.41) is 0. The van der Waals surface area contributed by atoms with Crippen molar-refractivity contribution in [3.63, 3.8) is 0 Å². The van der Waals surface area contributed by atoms with Gasteiger partial charge in [0.2, 0.25) is 0 Å². The molecule has 0 spiro atoms. The van der Waals surface area contributed by atoms with Crippen molar-refractivity contribution in [2.75, 3.05) is 27.8 Å². The number of rotatable bonds is 7. The molecule has 0 saturated carbocycles. The summed E-state index contributed by atoms with van der Waals surface area (Å²) < 4.78 is 131. The summed E-state index contributed by atoms with van der Waals surface area (Å²) in [4.78, 5) is 0. The zero-order valence-electron chi connectivity index (χ0n) is 16.0. The van der Waals surface area contributed by atoms with Gasteiger partial charge in [0, 0.05) is 25.3 Å². The van der Waals surface area contributed by atoms with Crippen LogP contribution in [0.25, 0.3) is 11.1 Å². The fraction of sp³-hybridized carbons (Fsp3) is 0.333. The summed E-state index contributed by atoms with van der Waals surface area (Å²) in [6.45, 7) is -1.37. The van der Waals surface area contributed by atoms with E-state index in [0.717, 1.165) is 14.2 Å². The van der Waals surface area contributed by atoms with E-state index in [1.54, 1.807) is 0 Å². The van der Waals surface area contributed by atoms with Gasteiger partial charge in [-0.25, -0.2) is 8.78 Å². The Labute approximate surface area is 203 Å². The second-order valence-electron chi connectivity index (χ2n) is 5.94. The van der Waals surface area contributed by atoms with E-state index in [1.165, 1.54) is 45.2 Å². The second-order valence-corrected chi connectivity index (χ2v) is 8.26. The summed E-state index contributed by atoms with van der Waals surface area (Å²) in [5.41, 5.74) is -6.93. The topological polar surface area (TPSA) is 36.9 Å². The van der Waals surface area contributed by atoms with E-state index in [-0.39, 0.29) is 7.14 Å². The Morgan fingerprint density at radius 2 is 1.00 bits per heavy atom. The van der Waals surface area contributed by atoms with Crippen LogP contribution in [0.2, 0.25) is 0 Å². The van der Waals surface area contributed by atoms with Gasteiger partial charge >= 0.3 is 12.4 Å². The van der Waals surface area contributed by atoms with Crippen molar-refractivity contribution < 1.29 is 54.1 Å². The average Bonchev–Trinajstić information content (AvgIpc) is 2.63. The van der Waals surface area contributed by atoms with Gasteiger partial charge in [-0.3, -0.25) is 0 Å². The fourth-order valence-corrected chi connectivity index (χ4v) is 4.15. The van der Waals surface area contributed by atoms with E-state index >= 15 is 0 Å². The molecule has 4 nitrogen and oxygen atoms in total. The highest BCUT2D eigenvalue weighted by molar-refractivity contribution is 14.1. The molecular formula is C18H12F8I2O4. The molecule has 0 atom stereocenters. The zero-order valence-corrected chi connectivity index (χ0v) is 20.3. The second kappa shape index (κ2) is 10.4. The lowest BCUT2D eigenvalue weighted by Crippen LogP contribution is -2.18. The van der Waals surface area contributed by atoms with Crippen molar-refractivity contribution in [1.82, 2.24) is 0 Å². The number of ether oxygens (including phenoxy) is 4. The van der Waals surface area contributed by atoms with Gasteiger partial charge in [-0.15, -0.1) is 0 Å². The standard InChI is InChI=1S/C18H12F8I2O4/c1-29-5-31-15-9(27)3-7(19)13(17(21,22)23)11(15)12-14(18(24,25)26)8(20)4-10(28)16(12)32-6-30-2/h3-4H,5-6H2,1-2H3. The van der Waals surface area contributed by atoms with Crippen LogP contribution < -0.4 is 9.47 Å². The number of halogens is 10. The fourth-order valence-electron chi connectivity index (χ4n) is 2.75. The minimum atomic E-state index is -5.48. The molecule has 0 N–H and O–H groups in total. The molecule has 0 saturated heterocycles. The Balaban J connectivity index is 3.19. The van der Waals surface area contributed by atoms with Gasteiger partial charge in [-0.1, -0.05) is 0 Å². The van der Waals surface area contributed by atoms with Gasteiger partial charge in [0.15, 0.2) is 13.6 Å². The molecular weight excluding hydrogens is 686 g/mol. The molecule has 32 heavy (non-hydrogen) atoms. The SMILES string of the molecule is COCOc1c(I)cc(F)c(C(F)(F)F)c1-c1c(OCOC)c(I)cc(F)c1C(F)(F)F. The third-order valence-electron chi connectivity index (χ3n) is 3.83. The Bertz CT molecular complexity index is 913.